The fourth-order valence-corrected chi connectivity index (χ4v) is 3.46. The minimum absolute atomic E-state index is 0. The lowest BCUT2D eigenvalue weighted by atomic mass is 10.2. The van der Waals surface area contributed by atoms with Gasteiger partial charge in [-0.05, 0) is 37.3 Å². The van der Waals surface area contributed by atoms with Crippen molar-refractivity contribution in [3.05, 3.63) is 17.8 Å². The highest BCUT2D eigenvalue weighted by molar-refractivity contribution is 7.16. The number of hydrogen-bond acceptors (Lipinski definition) is 6. The average Bonchev–Trinajstić information content (AvgIpc) is 3.15. The monoisotopic (exact) mass is 341 g/mol. The molecule has 2 aromatic rings. The quantitative estimate of drug-likeness (QED) is 0.806. The maximum atomic E-state index is 12.3. The number of halogens is 1. The van der Waals surface area contributed by atoms with Crippen LogP contribution in [0.4, 0.5) is 5.82 Å². The van der Waals surface area contributed by atoms with Gasteiger partial charge in [0.05, 0.1) is 5.39 Å². The Labute approximate surface area is 139 Å². The highest BCUT2D eigenvalue weighted by Gasteiger charge is 2.32. The highest BCUT2D eigenvalue weighted by atomic mass is 35.5. The lowest BCUT2D eigenvalue weighted by Crippen LogP contribution is -2.44. The smallest absolute Gasteiger partial charge is 0.242 e. The van der Waals surface area contributed by atoms with Crippen LogP contribution in [0.5, 0.6) is 0 Å². The topological polar surface area (TPSA) is 84.1 Å². The third kappa shape index (κ3) is 3.31. The summed E-state index contributed by atoms with van der Waals surface area (Å²) in [4.78, 5) is 24.1. The predicted molar refractivity (Wildman–Crippen MR) is 91.7 cm³/mol. The Bertz CT molecular complexity index is 634. The molecule has 1 saturated heterocycles. The molecule has 3 N–H and O–H groups in total. The van der Waals surface area contributed by atoms with Crippen molar-refractivity contribution in [3.63, 3.8) is 0 Å². The second-order valence-corrected chi connectivity index (χ2v) is 6.02. The van der Waals surface area contributed by atoms with Gasteiger partial charge in [-0.3, -0.25) is 4.79 Å². The molecule has 1 aliphatic rings. The third-order valence-corrected chi connectivity index (χ3v) is 4.57. The normalized spacial score (nSPS) is 17.5. The first-order chi connectivity index (χ1) is 10.3. The molecular weight excluding hydrogens is 322 g/mol. The zero-order chi connectivity index (χ0) is 14.7. The van der Waals surface area contributed by atoms with Gasteiger partial charge in [0.15, 0.2) is 0 Å². The number of hydrogen-bond donors (Lipinski definition) is 2. The van der Waals surface area contributed by atoms with E-state index in [4.69, 9.17) is 5.73 Å². The van der Waals surface area contributed by atoms with E-state index >= 15 is 0 Å². The van der Waals surface area contributed by atoms with Gasteiger partial charge in [-0.15, -0.1) is 23.7 Å². The van der Waals surface area contributed by atoms with Gasteiger partial charge >= 0.3 is 0 Å². The molecule has 1 aliphatic heterocycles. The van der Waals surface area contributed by atoms with Gasteiger partial charge < -0.3 is 16.0 Å². The Kier molecular flexibility index (Phi) is 5.93. The van der Waals surface area contributed by atoms with E-state index in [-0.39, 0.29) is 24.4 Å². The number of nitrogens with two attached hydrogens (primary N) is 1. The van der Waals surface area contributed by atoms with E-state index in [1.54, 1.807) is 17.7 Å². The molecule has 120 valence electrons. The summed E-state index contributed by atoms with van der Waals surface area (Å²) in [5, 5.41) is 6.01. The molecular formula is C14H20ClN5OS. The maximum Gasteiger partial charge on any atom is 0.242 e. The highest BCUT2D eigenvalue weighted by Crippen LogP contribution is 2.31. The van der Waals surface area contributed by atoms with Crippen LogP contribution in [-0.4, -0.2) is 41.6 Å². The van der Waals surface area contributed by atoms with E-state index in [0.717, 1.165) is 41.8 Å². The van der Waals surface area contributed by atoms with Crippen LogP contribution >= 0.6 is 23.7 Å². The number of carbonyl (C=O) groups excluding carboxylic acids is 1. The Morgan fingerprint density at radius 3 is 3.18 bits per heavy atom. The second-order valence-electron chi connectivity index (χ2n) is 5.12. The molecule has 8 heteroatoms. The van der Waals surface area contributed by atoms with Crippen LogP contribution in [-0.2, 0) is 4.79 Å². The molecule has 6 nitrogen and oxygen atoms in total. The summed E-state index contributed by atoms with van der Waals surface area (Å²) in [6, 6.07) is 1.89. The van der Waals surface area contributed by atoms with Crippen LogP contribution in [0.3, 0.4) is 0 Å². The molecule has 0 radical (unpaired) electrons. The fourth-order valence-electron chi connectivity index (χ4n) is 2.73. The number of thiophene rings is 1. The van der Waals surface area contributed by atoms with E-state index in [1.165, 1.54) is 0 Å². The molecule has 0 bridgehead atoms. The molecule has 3 rings (SSSR count). The third-order valence-electron chi connectivity index (χ3n) is 3.75. The lowest BCUT2D eigenvalue weighted by molar-refractivity contribution is -0.122. The van der Waals surface area contributed by atoms with Crippen LogP contribution in [0.1, 0.15) is 19.3 Å². The Morgan fingerprint density at radius 2 is 2.36 bits per heavy atom. The van der Waals surface area contributed by atoms with E-state index in [9.17, 15) is 4.79 Å². The number of carbonyl (C=O) groups is 1. The number of aromatic nitrogens is 2. The van der Waals surface area contributed by atoms with E-state index in [2.05, 4.69) is 20.2 Å². The SMILES string of the molecule is Cl.NCCCNC(=O)C1CCCN1c1ncnc2sccc12. The van der Waals surface area contributed by atoms with Crippen molar-refractivity contribution in [2.24, 2.45) is 5.73 Å². The largest absolute Gasteiger partial charge is 0.354 e. The molecule has 1 unspecified atom stereocenters. The molecule has 1 amide bonds. The first kappa shape index (κ1) is 16.9. The molecule has 0 aromatic carbocycles. The molecule has 3 heterocycles. The van der Waals surface area contributed by atoms with Crippen molar-refractivity contribution in [1.29, 1.82) is 0 Å². The van der Waals surface area contributed by atoms with Gasteiger partial charge in [-0.1, -0.05) is 0 Å². The average molecular weight is 342 g/mol. The molecule has 1 fully saturated rings. The number of nitrogens with one attached hydrogen (secondary N) is 1. The van der Waals surface area contributed by atoms with Crippen LogP contribution in [0.25, 0.3) is 10.2 Å². The van der Waals surface area contributed by atoms with Gasteiger partial charge in [0.25, 0.3) is 0 Å². The first-order valence-electron chi connectivity index (χ1n) is 7.24. The summed E-state index contributed by atoms with van der Waals surface area (Å²) in [6.07, 6.45) is 4.26. The fraction of sp³-hybridized carbons (Fsp3) is 0.500. The number of fused-ring (bicyclic) bond motifs is 1. The van der Waals surface area contributed by atoms with Crippen LogP contribution in [0.15, 0.2) is 17.8 Å². The van der Waals surface area contributed by atoms with E-state index in [0.29, 0.717) is 13.1 Å². The van der Waals surface area contributed by atoms with Crippen molar-refractivity contribution >= 4 is 45.7 Å². The predicted octanol–water partition coefficient (Wildman–Crippen LogP) is 1.55. The van der Waals surface area contributed by atoms with Gasteiger partial charge in [0.1, 0.15) is 23.0 Å². The zero-order valence-corrected chi connectivity index (χ0v) is 13.8. The maximum absolute atomic E-state index is 12.3. The second kappa shape index (κ2) is 7.71. The van der Waals surface area contributed by atoms with Crippen molar-refractivity contribution in [2.45, 2.75) is 25.3 Å². The Morgan fingerprint density at radius 1 is 1.50 bits per heavy atom. The molecule has 22 heavy (non-hydrogen) atoms. The molecule has 0 aliphatic carbocycles. The Balaban J connectivity index is 0.00000176. The number of anilines is 1. The summed E-state index contributed by atoms with van der Waals surface area (Å²) in [7, 11) is 0. The van der Waals surface area contributed by atoms with Crippen molar-refractivity contribution in [3.8, 4) is 0 Å². The lowest BCUT2D eigenvalue weighted by Gasteiger charge is -2.25. The van der Waals surface area contributed by atoms with Gasteiger partial charge in [-0.25, -0.2) is 9.97 Å². The van der Waals surface area contributed by atoms with Crippen molar-refractivity contribution < 1.29 is 4.79 Å². The summed E-state index contributed by atoms with van der Waals surface area (Å²) in [6.45, 7) is 2.09. The summed E-state index contributed by atoms with van der Waals surface area (Å²) in [5.74, 6) is 0.945. The molecule has 0 saturated carbocycles. The molecule has 0 spiro atoms. The van der Waals surface area contributed by atoms with Gasteiger partial charge in [0.2, 0.25) is 5.91 Å². The zero-order valence-electron chi connectivity index (χ0n) is 12.2. The van der Waals surface area contributed by atoms with Crippen LogP contribution < -0.4 is 16.0 Å². The van der Waals surface area contributed by atoms with Gasteiger partial charge in [-0.2, -0.15) is 0 Å². The summed E-state index contributed by atoms with van der Waals surface area (Å²) in [5.41, 5.74) is 5.46. The van der Waals surface area contributed by atoms with Crippen molar-refractivity contribution in [1.82, 2.24) is 15.3 Å². The number of nitrogens with zero attached hydrogens (tertiary/aromatic N) is 3. The van der Waals surface area contributed by atoms with E-state index < -0.39 is 0 Å². The Hall–Kier alpha value is -1.44. The minimum Gasteiger partial charge on any atom is -0.354 e. The molecule has 2 aromatic heterocycles. The summed E-state index contributed by atoms with van der Waals surface area (Å²) >= 11 is 1.59. The minimum atomic E-state index is -0.138. The van der Waals surface area contributed by atoms with Crippen molar-refractivity contribution in [2.75, 3.05) is 24.5 Å². The van der Waals surface area contributed by atoms with Crippen LogP contribution in [0, 0.1) is 0 Å². The number of rotatable bonds is 5. The molecule has 1 atom stereocenters. The van der Waals surface area contributed by atoms with E-state index in [1.807, 2.05) is 11.4 Å². The summed E-state index contributed by atoms with van der Waals surface area (Å²) < 4.78 is 0. The first-order valence-corrected chi connectivity index (χ1v) is 8.12. The van der Waals surface area contributed by atoms with Crippen LogP contribution in [0.2, 0.25) is 0 Å². The number of amides is 1. The standard InChI is InChI=1S/C14H19N5OS.ClH/c15-5-2-6-16-13(20)11-3-1-7-19(11)12-10-4-8-21-14(10)18-9-17-12;/h4,8-9,11H,1-3,5-7,15H2,(H,16,20);1H. The van der Waals surface area contributed by atoms with Gasteiger partial charge in [0, 0.05) is 13.1 Å².